The zero-order chi connectivity index (χ0) is 15.1. The summed E-state index contributed by atoms with van der Waals surface area (Å²) in [6.07, 6.45) is 0.890. The third kappa shape index (κ3) is 2.96. The minimum atomic E-state index is -3.87. The second-order valence-electron chi connectivity index (χ2n) is 5.29. The zero-order valence-corrected chi connectivity index (χ0v) is 12.8. The van der Waals surface area contributed by atoms with Crippen molar-refractivity contribution in [2.75, 3.05) is 0 Å². The van der Waals surface area contributed by atoms with Crippen molar-refractivity contribution in [3.05, 3.63) is 30.5 Å². The first-order valence-corrected chi connectivity index (χ1v) is 8.18. The highest BCUT2D eigenvalue weighted by atomic mass is 35.7. The fourth-order valence-corrected chi connectivity index (χ4v) is 2.90. The Labute approximate surface area is 121 Å². The second-order valence-corrected chi connectivity index (χ2v) is 7.83. The lowest BCUT2D eigenvalue weighted by atomic mass is 10.2. The van der Waals surface area contributed by atoms with Gasteiger partial charge in [0.15, 0.2) is 0 Å². The van der Waals surface area contributed by atoms with E-state index in [1.165, 1.54) is 29.0 Å². The summed E-state index contributed by atoms with van der Waals surface area (Å²) in [6, 6.07) is 6.07. The maximum atomic E-state index is 12.1. The number of halogens is 1. The van der Waals surface area contributed by atoms with Gasteiger partial charge in [0.1, 0.15) is 5.60 Å². The van der Waals surface area contributed by atoms with Crippen LogP contribution in [0.4, 0.5) is 4.79 Å². The van der Waals surface area contributed by atoms with Gasteiger partial charge in [-0.2, -0.15) is 0 Å². The average molecular weight is 316 g/mol. The maximum absolute atomic E-state index is 12.1. The lowest BCUT2D eigenvalue weighted by Crippen LogP contribution is -2.26. The fourth-order valence-electron chi connectivity index (χ4n) is 1.82. The summed E-state index contributed by atoms with van der Waals surface area (Å²) in [6.45, 7) is 5.27. The first-order chi connectivity index (χ1) is 9.09. The Morgan fingerprint density at radius 3 is 2.45 bits per heavy atom. The van der Waals surface area contributed by atoms with Gasteiger partial charge in [0.05, 0.1) is 10.4 Å². The molecular weight excluding hydrogens is 302 g/mol. The molecule has 0 amide bonds. The number of hydrogen-bond acceptors (Lipinski definition) is 4. The van der Waals surface area contributed by atoms with Gasteiger partial charge >= 0.3 is 6.09 Å². The number of aromatic nitrogens is 1. The van der Waals surface area contributed by atoms with E-state index in [1.54, 1.807) is 26.8 Å². The number of benzene rings is 1. The van der Waals surface area contributed by atoms with E-state index >= 15 is 0 Å². The topological polar surface area (TPSA) is 65.4 Å². The largest absolute Gasteiger partial charge is 0.443 e. The Bertz CT molecular complexity index is 771. The maximum Gasteiger partial charge on any atom is 0.418 e. The molecule has 20 heavy (non-hydrogen) atoms. The van der Waals surface area contributed by atoms with Gasteiger partial charge in [-0.25, -0.2) is 13.2 Å². The number of carbonyl (C=O) groups is 1. The van der Waals surface area contributed by atoms with Crippen LogP contribution in [0.2, 0.25) is 0 Å². The van der Waals surface area contributed by atoms with Gasteiger partial charge in [-0.3, -0.25) is 4.57 Å². The van der Waals surface area contributed by atoms with Crippen molar-refractivity contribution >= 4 is 36.7 Å². The van der Waals surface area contributed by atoms with Crippen molar-refractivity contribution in [3.8, 4) is 0 Å². The lowest BCUT2D eigenvalue weighted by molar-refractivity contribution is 0.0544. The van der Waals surface area contributed by atoms with Crippen molar-refractivity contribution in [1.82, 2.24) is 4.57 Å². The Hall–Kier alpha value is -1.53. The van der Waals surface area contributed by atoms with Gasteiger partial charge in [-0.15, -0.1) is 0 Å². The van der Waals surface area contributed by atoms with Crippen LogP contribution in [0.5, 0.6) is 0 Å². The molecule has 5 nitrogen and oxygen atoms in total. The van der Waals surface area contributed by atoms with Gasteiger partial charge in [-0.05, 0) is 39.0 Å². The smallest absolute Gasteiger partial charge is 0.418 e. The molecule has 0 bridgehead atoms. The van der Waals surface area contributed by atoms with Gasteiger partial charge in [0, 0.05) is 22.3 Å². The molecule has 0 aliphatic heterocycles. The molecule has 0 N–H and O–H groups in total. The summed E-state index contributed by atoms with van der Waals surface area (Å²) < 4.78 is 29.5. The summed E-state index contributed by atoms with van der Waals surface area (Å²) in [5.74, 6) is 0. The Morgan fingerprint density at radius 1 is 1.25 bits per heavy atom. The van der Waals surface area contributed by atoms with Crippen LogP contribution in [-0.4, -0.2) is 24.7 Å². The summed E-state index contributed by atoms with van der Waals surface area (Å²) in [5, 5.41) is 0.383. The molecule has 1 heterocycles. The molecule has 2 aromatic rings. The Kier molecular flexibility index (Phi) is 3.56. The molecule has 0 spiro atoms. The average Bonchev–Trinajstić information content (AvgIpc) is 2.68. The van der Waals surface area contributed by atoms with E-state index < -0.39 is 20.7 Å². The third-order valence-corrected chi connectivity index (χ3v) is 3.93. The SMILES string of the molecule is CC(C)(C)OC(=O)n1ccc2c(S(=O)(=O)Cl)cccc21. The summed E-state index contributed by atoms with van der Waals surface area (Å²) >= 11 is 0. The molecule has 0 saturated heterocycles. The molecule has 0 saturated carbocycles. The highest BCUT2D eigenvalue weighted by Crippen LogP contribution is 2.27. The number of nitrogens with zero attached hydrogens (tertiary/aromatic N) is 1. The minimum absolute atomic E-state index is 0.0287. The second kappa shape index (κ2) is 4.79. The fraction of sp³-hybridized carbons (Fsp3) is 0.308. The molecule has 0 aliphatic rings. The quantitative estimate of drug-likeness (QED) is 0.757. The van der Waals surface area contributed by atoms with Crippen LogP contribution >= 0.6 is 10.7 Å². The standard InChI is InChI=1S/C13H14ClNO4S/c1-13(2,3)19-12(16)15-8-7-9-10(15)5-4-6-11(9)20(14,17)18/h4-8H,1-3H3. The molecule has 108 valence electrons. The monoisotopic (exact) mass is 315 g/mol. The van der Waals surface area contributed by atoms with E-state index in [4.69, 9.17) is 15.4 Å². The van der Waals surface area contributed by atoms with Crippen LogP contribution in [0.25, 0.3) is 10.9 Å². The van der Waals surface area contributed by atoms with Gasteiger partial charge < -0.3 is 4.74 Å². The highest BCUT2D eigenvalue weighted by molar-refractivity contribution is 8.14. The van der Waals surface area contributed by atoms with Crippen LogP contribution in [0, 0.1) is 0 Å². The number of ether oxygens (including phenoxy) is 1. The molecule has 7 heteroatoms. The predicted octanol–water partition coefficient (Wildman–Crippen LogP) is 3.35. The van der Waals surface area contributed by atoms with E-state index in [1.807, 2.05) is 0 Å². The molecule has 0 atom stereocenters. The Balaban J connectivity index is 2.57. The first kappa shape index (κ1) is 14.9. The Morgan fingerprint density at radius 2 is 1.90 bits per heavy atom. The van der Waals surface area contributed by atoms with Gasteiger partial charge in [0.25, 0.3) is 9.05 Å². The van der Waals surface area contributed by atoms with Crippen LogP contribution < -0.4 is 0 Å². The molecule has 1 aromatic heterocycles. The zero-order valence-electron chi connectivity index (χ0n) is 11.3. The van der Waals surface area contributed by atoms with Crippen LogP contribution in [0.15, 0.2) is 35.4 Å². The van der Waals surface area contributed by atoms with Crippen molar-refractivity contribution in [2.24, 2.45) is 0 Å². The van der Waals surface area contributed by atoms with Crippen LogP contribution in [0.3, 0.4) is 0 Å². The van der Waals surface area contributed by atoms with Crippen molar-refractivity contribution in [3.63, 3.8) is 0 Å². The number of carbonyl (C=O) groups excluding carboxylic acids is 1. The summed E-state index contributed by atoms with van der Waals surface area (Å²) in [5.41, 5.74) is -0.204. The minimum Gasteiger partial charge on any atom is -0.443 e. The molecule has 1 aromatic carbocycles. The van der Waals surface area contributed by atoms with Gasteiger partial charge in [-0.1, -0.05) is 6.07 Å². The van der Waals surface area contributed by atoms with E-state index in [-0.39, 0.29) is 4.90 Å². The lowest BCUT2D eigenvalue weighted by Gasteiger charge is -2.19. The van der Waals surface area contributed by atoms with Crippen LogP contribution in [-0.2, 0) is 13.8 Å². The van der Waals surface area contributed by atoms with Crippen molar-refractivity contribution in [1.29, 1.82) is 0 Å². The van der Waals surface area contributed by atoms with Gasteiger partial charge in [0.2, 0.25) is 0 Å². The van der Waals surface area contributed by atoms with E-state index in [0.29, 0.717) is 10.9 Å². The van der Waals surface area contributed by atoms with E-state index in [2.05, 4.69) is 0 Å². The number of hydrogen-bond donors (Lipinski definition) is 0. The molecule has 0 radical (unpaired) electrons. The molecular formula is C13H14ClNO4S. The van der Waals surface area contributed by atoms with Crippen LogP contribution in [0.1, 0.15) is 20.8 Å². The highest BCUT2D eigenvalue weighted by Gasteiger charge is 2.21. The predicted molar refractivity (Wildman–Crippen MR) is 76.6 cm³/mol. The van der Waals surface area contributed by atoms with Crippen molar-refractivity contribution in [2.45, 2.75) is 31.3 Å². The number of fused-ring (bicyclic) bond motifs is 1. The molecule has 0 fully saturated rings. The first-order valence-electron chi connectivity index (χ1n) is 5.88. The molecule has 0 aliphatic carbocycles. The van der Waals surface area contributed by atoms with E-state index in [9.17, 15) is 13.2 Å². The normalized spacial score (nSPS) is 12.6. The third-order valence-electron chi connectivity index (χ3n) is 2.55. The summed E-state index contributed by atoms with van der Waals surface area (Å²) in [4.78, 5) is 12.0. The van der Waals surface area contributed by atoms with Crippen molar-refractivity contribution < 1.29 is 17.9 Å². The van der Waals surface area contributed by atoms with E-state index in [0.717, 1.165) is 0 Å². The number of rotatable bonds is 1. The summed E-state index contributed by atoms with van der Waals surface area (Å²) in [7, 11) is 1.51. The molecule has 0 unspecified atom stereocenters. The molecule has 2 rings (SSSR count).